The van der Waals surface area contributed by atoms with E-state index in [4.69, 9.17) is 0 Å². The first kappa shape index (κ1) is 20.6. The Bertz CT molecular complexity index is 1140. The molecule has 0 saturated heterocycles. The molecule has 1 amide bonds. The minimum Gasteiger partial charge on any atom is -0.322 e. The molecule has 0 saturated carbocycles. The number of sulfonamides is 1. The van der Waals surface area contributed by atoms with Crippen LogP contribution in [0.2, 0.25) is 0 Å². The molecule has 0 aliphatic carbocycles. The first-order valence-corrected chi connectivity index (χ1v) is 10.4. The number of nitrogens with zero attached hydrogens (tertiary/aromatic N) is 3. The van der Waals surface area contributed by atoms with E-state index >= 15 is 0 Å². The van der Waals surface area contributed by atoms with Crippen LogP contribution in [0.4, 0.5) is 5.69 Å². The van der Waals surface area contributed by atoms with Gasteiger partial charge in [-0.15, -0.1) is 0 Å². The molecule has 0 bridgehead atoms. The van der Waals surface area contributed by atoms with Gasteiger partial charge in [0.1, 0.15) is 0 Å². The fourth-order valence-corrected chi connectivity index (χ4v) is 3.71. The van der Waals surface area contributed by atoms with E-state index in [-0.39, 0.29) is 10.5 Å². The molecule has 2 aromatic carbocycles. The number of hydrogen-bond donors (Lipinski definition) is 1. The smallest absolute Gasteiger partial charge is 0.258 e. The van der Waals surface area contributed by atoms with Crippen LogP contribution in [-0.2, 0) is 10.0 Å². The van der Waals surface area contributed by atoms with E-state index < -0.39 is 15.9 Å². The number of hydrogen-bond acceptors (Lipinski definition) is 5. The summed E-state index contributed by atoms with van der Waals surface area (Å²) in [6.07, 6.45) is 2.90. The summed E-state index contributed by atoms with van der Waals surface area (Å²) in [5.74, 6) is 0.111. The summed E-state index contributed by atoms with van der Waals surface area (Å²) in [4.78, 5) is 21.3. The summed E-state index contributed by atoms with van der Waals surface area (Å²) in [6.45, 7) is 3.63. The fourth-order valence-electron chi connectivity index (χ4n) is 2.69. The van der Waals surface area contributed by atoms with Crippen LogP contribution in [0.1, 0.15) is 21.5 Å². The first-order valence-electron chi connectivity index (χ1n) is 8.92. The van der Waals surface area contributed by atoms with Gasteiger partial charge in [0, 0.05) is 37.7 Å². The summed E-state index contributed by atoms with van der Waals surface area (Å²) in [6, 6.07) is 12.5. The molecule has 3 aromatic rings. The summed E-state index contributed by atoms with van der Waals surface area (Å²) < 4.78 is 26.1. The van der Waals surface area contributed by atoms with E-state index in [0.29, 0.717) is 11.5 Å². The van der Waals surface area contributed by atoms with Crippen molar-refractivity contribution in [3.05, 3.63) is 71.5 Å². The molecule has 0 unspecified atom stereocenters. The second-order valence-corrected chi connectivity index (χ2v) is 8.97. The van der Waals surface area contributed by atoms with Gasteiger partial charge in [-0.3, -0.25) is 4.79 Å². The maximum atomic E-state index is 12.7. The third-order valence-corrected chi connectivity index (χ3v) is 6.41. The molecule has 1 heterocycles. The highest BCUT2D eigenvalue weighted by Gasteiger charge is 2.20. The normalized spacial score (nSPS) is 11.5. The number of amides is 1. The molecule has 8 heteroatoms. The lowest BCUT2D eigenvalue weighted by Gasteiger charge is -2.16. The molecule has 7 nitrogen and oxygen atoms in total. The predicted molar refractivity (Wildman–Crippen MR) is 112 cm³/mol. The van der Waals surface area contributed by atoms with Crippen molar-refractivity contribution in [3.8, 4) is 11.4 Å². The molecule has 0 spiro atoms. The van der Waals surface area contributed by atoms with Crippen molar-refractivity contribution >= 4 is 21.6 Å². The van der Waals surface area contributed by atoms with Crippen molar-refractivity contribution in [2.24, 2.45) is 0 Å². The van der Waals surface area contributed by atoms with E-state index in [9.17, 15) is 13.2 Å². The standard InChI is InChI=1S/C21H22N4O3S/c1-14-10-18(29(27,28)25(3)4)11-19(15(14)2)24-21(26)17-12-22-20(23-13-17)16-8-6-5-7-9-16/h5-13H,1-4H3,(H,24,26). The fraction of sp³-hybridized carbons (Fsp3) is 0.190. The van der Waals surface area contributed by atoms with Crippen LogP contribution in [0, 0.1) is 13.8 Å². The zero-order chi connectivity index (χ0) is 21.2. The minimum atomic E-state index is -3.62. The lowest BCUT2D eigenvalue weighted by Crippen LogP contribution is -2.23. The van der Waals surface area contributed by atoms with Crippen LogP contribution < -0.4 is 5.32 Å². The molecule has 1 N–H and O–H groups in total. The zero-order valence-electron chi connectivity index (χ0n) is 16.7. The molecule has 29 heavy (non-hydrogen) atoms. The van der Waals surface area contributed by atoms with Crippen LogP contribution in [0.3, 0.4) is 0 Å². The van der Waals surface area contributed by atoms with Crippen LogP contribution in [0.5, 0.6) is 0 Å². The third kappa shape index (κ3) is 4.33. The topological polar surface area (TPSA) is 92.3 Å². The molecule has 0 fully saturated rings. The van der Waals surface area contributed by atoms with Crippen molar-refractivity contribution in [2.75, 3.05) is 19.4 Å². The van der Waals surface area contributed by atoms with Crippen LogP contribution >= 0.6 is 0 Å². The highest BCUT2D eigenvalue weighted by atomic mass is 32.2. The molecule has 0 atom stereocenters. The molecular weight excluding hydrogens is 388 g/mol. The van der Waals surface area contributed by atoms with Crippen LogP contribution in [0.25, 0.3) is 11.4 Å². The Kier molecular flexibility index (Phi) is 5.76. The van der Waals surface area contributed by atoms with E-state index in [0.717, 1.165) is 21.0 Å². The molecule has 0 aliphatic heterocycles. The largest absolute Gasteiger partial charge is 0.322 e. The van der Waals surface area contributed by atoms with Crippen LogP contribution in [0.15, 0.2) is 59.8 Å². The Morgan fingerprint density at radius 2 is 1.62 bits per heavy atom. The van der Waals surface area contributed by atoms with E-state index in [1.165, 1.54) is 32.6 Å². The number of carbonyl (C=O) groups excluding carboxylic acids is 1. The van der Waals surface area contributed by atoms with Gasteiger partial charge in [0.2, 0.25) is 10.0 Å². The monoisotopic (exact) mass is 410 g/mol. The molecule has 1 aromatic heterocycles. The summed E-state index contributed by atoms with van der Waals surface area (Å²) >= 11 is 0. The second kappa shape index (κ2) is 8.10. The molecule has 150 valence electrons. The van der Waals surface area contributed by atoms with E-state index in [1.807, 2.05) is 37.3 Å². The van der Waals surface area contributed by atoms with Gasteiger partial charge < -0.3 is 5.32 Å². The SMILES string of the molecule is Cc1cc(S(=O)(=O)N(C)C)cc(NC(=O)c2cnc(-c3ccccc3)nc2)c1C. The van der Waals surface area contributed by atoms with Crippen molar-refractivity contribution in [1.82, 2.24) is 14.3 Å². The number of aromatic nitrogens is 2. The number of carbonyl (C=O) groups is 1. The summed E-state index contributed by atoms with van der Waals surface area (Å²) in [5, 5.41) is 2.78. The molecule has 3 rings (SSSR count). The Labute approximate surface area is 170 Å². The number of benzene rings is 2. The Morgan fingerprint density at radius 1 is 1.00 bits per heavy atom. The van der Waals surface area contributed by atoms with Gasteiger partial charge >= 0.3 is 0 Å². The van der Waals surface area contributed by atoms with E-state index in [2.05, 4.69) is 15.3 Å². The predicted octanol–water partition coefficient (Wildman–Crippen LogP) is 3.26. The highest BCUT2D eigenvalue weighted by molar-refractivity contribution is 7.89. The third-order valence-electron chi connectivity index (χ3n) is 4.61. The Balaban J connectivity index is 1.88. The average Bonchev–Trinajstić information content (AvgIpc) is 2.71. The minimum absolute atomic E-state index is 0.122. The van der Waals surface area contributed by atoms with Crippen molar-refractivity contribution < 1.29 is 13.2 Å². The second-order valence-electron chi connectivity index (χ2n) is 6.82. The number of rotatable bonds is 5. The van der Waals surface area contributed by atoms with Gasteiger partial charge in [0.15, 0.2) is 5.82 Å². The van der Waals surface area contributed by atoms with Crippen molar-refractivity contribution in [3.63, 3.8) is 0 Å². The van der Waals surface area contributed by atoms with E-state index in [1.54, 1.807) is 13.0 Å². The zero-order valence-corrected chi connectivity index (χ0v) is 17.5. The maximum Gasteiger partial charge on any atom is 0.258 e. The van der Waals surface area contributed by atoms with Gasteiger partial charge in [-0.05, 0) is 37.1 Å². The maximum absolute atomic E-state index is 12.7. The molecule has 0 radical (unpaired) electrons. The van der Waals surface area contributed by atoms with Gasteiger partial charge in [-0.1, -0.05) is 30.3 Å². The van der Waals surface area contributed by atoms with Crippen molar-refractivity contribution in [1.29, 1.82) is 0 Å². The van der Waals surface area contributed by atoms with Gasteiger partial charge in [-0.2, -0.15) is 0 Å². The van der Waals surface area contributed by atoms with Gasteiger partial charge in [-0.25, -0.2) is 22.7 Å². The lowest BCUT2D eigenvalue weighted by atomic mass is 10.1. The highest BCUT2D eigenvalue weighted by Crippen LogP contribution is 2.26. The first-order chi connectivity index (χ1) is 13.7. The molecule has 0 aliphatic rings. The molecular formula is C21H22N4O3S. The number of aryl methyl sites for hydroxylation is 1. The number of anilines is 1. The Morgan fingerprint density at radius 3 is 2.21 bits per heavy atom. The van der Waals surface area contributed by atoms with Crippen LogP contribution in [-0.4, -0.2) is 42.7 Å². The lowest BCUT2D eigenvalue weighted by molar-refractivity contribution is 0.102. The van der Waals surface area contributed by atoms with Gasteiger partial charge in [0.25, 0.3) is 5.91 Å². The quantitative estimate of drug-likeness (QED) is 0.697. The van der Waals surface area contributed by atoms with Gasteiger partial charge in [0.05, 0.1) is 10.5 Å². The average molecular weight is 410 g/mol. The van der Waals surface area contributed by atoms with Crippen molar-refractivity contribution in [2.45, 2.75) is 18.7 Å². The Hall–Kier alpha value is -3.10. The summed E-state index contributed by atoms with van der Waals surface area (Å²) in [7, 11) is -0.685. The number of nitrogens with one attached hydrogen (secondary N) is 1. The summed E-state index contributed by atoms with van der Waals surface area (Å²) in [5.41, 5.74) is 3.12.